The molecule has 0 unspecified atom stereocenters. The van der Waals surface area contributed by atoms with Crippen LogP contribution >= 0.6 is 15.9 Å². The molecule has 0 aliphatic carbocycles. The van der Waals surface area contributed by atoms with Gasteiger partial charge in [0.05, 0.1) is 0 Å². The van der Waals surface area contributed by atoms with Gasteiger partial charge in [0.25, 0.3) is 0 Å². The molecule has 1 aromatic rings. The molecule has 0 aliphatic rings. The summed E-state index contributed by atoms with van der Waals surface area (Å²) in [7, 11) is 0. The van der Waals surface area contributed by atoms with E-state index in [0.717, 1.165) is 15.6 Å². The van der Waals surface area contributed by atoms with Gasteiger partial charge in [-0.15, -0.1) is 0 Å². The molecule has 0 saturated heterocycles. The van der Waals surface area contributed by atoms with Gasteiger partial charge in [0.2, 0.25) is 5.91 Å². The van der Waals surface area contributed by atoms with Crippen molar-refractivity contribution in [2.75, 3.05) is 6.54 Å². The number of carbonyl (C=O) groups is 2. The number of amides is 1. The van der Waals surface area contributed by atoms with Crippen molar-refractivity contribution < 1.29 is 14.7 Å². The van der Waals surface area contributed by atoms with Crippen LogP contribution in [-0.2, 0) is 16.0 Å². The molecule has 0 saturated carbocycles. The Morgan fingerprint density at radius 2 is 2.12 bits per heavy atom. The molecule has 0 aromatic heterocycles. The van der Waals surface area contributed by atoms with Crippen molar-refractivity contribution in [2.45, 2.75) is 19.8 Å². The van der Waals surface area contributed by atoms with E-state index >= 15 is 0 Å². The Balaban J connectivity index is 2.43. The minimum absolute atomic E-state index is 0.448. The largest absolute Gasteiger partial charge is 0.481 e. The second-order valence-corrected chi connectivity index (χ2v) is 4.66. The Morgan fingerprint density at radius 3 is 2.76 bits per heavy atom. The SMILES string of the molecule is Cc1ccc(Br)cc1CCNC(=O)CC(=O)O. The molecule has 4 nitrogen and oxygen atoms in total. The normalized spacial score (nSPS) is 10.0. The van der Waals surface area contributed by atoms with Crippen molar-refractivity contribution in [3.63, 3.8) is 0 Å². The molecule has 1 aromatic carbocycles. The fraction of sp³-hybridized carbons (Fsp3) is 0.333. The number of carboxylic acid groups (broad SMARTS) is 1. The molecule has 0 spiro atoms. The molecule has 5 heteroatoms. The van der Waals surface area contributed by atoms with E-state index in [1.807, 2.05) is 25.1 Å². The minimum atomic E-state index is -1.11. The van der Waals surface area contributed by atoms with Crippen molar-refractivity contribution in [2.24, 2.45) is 0 Å². The smallest absolute Gasteiger partial charge is 0.312 e. The molecule has 1 rings (SSSR count). The van der Waals surface area contributed by atoms with E-state index in [1.54, 1.807) is 0 Å². The summed E-state index contributed by atoms with van der Waals surface area (Å²) in [6.07, 6.45) is 0.216. The van der Waals surface area contributed by atoms with E-state index in [1.165, 1.54) is 0 Å². The van der Waals surface area contributed by atoms with Gasteiger partial charge in [0.15, 0.2) is 0 Å². The molecule has 0 radical (unpaired) electrons. The number of carbonyl (C=O) groups excluding carboxylic acids is 1. The van der Waals surface area contributed by atoms with Gasteiger partial charge in [-0.25, -0.2) is 0 Å². The average molecular weight is 300 g/mol. The molecule has 0 bridgehead atoms. The van der Waals surface area contributed by atoms with E-state index in [-0.39, 0.29) is 0 Å². The van der Waals surface area contributed by atoms with Gasteiger partial charge < -0.3 is 10.4 Å². The number of benzene rings is 1. The lowest BCUT2D eigenvalue weighted by molar-refractivity contribution is -0.140. The molecule has 92 valence electrons. The maximum atomic E-state index is 11.1. The lowest BCUT2D eigenvalue weighted by Gasteiger charge is -2.07. The molecule has 1 amide bonds. The average Bonchev–Trinajstić information content (AvgIpc) is 2.22. The van der Waals surface area contributed by atoms with Gasteiger partial charge in [0.1, 0.15) is 6.42 Å². The van der Waals surface area contributed by atoms with Crippen molar-refractivity contribution in [3.05, 3.63) is 33.8 Å². The first-order chi connectivity index (χ1) is 7.99. The standard InChI is InChI=1S/C12H14BrNO3/c1-8-2-3-10(13)6-9(8)4-5-14-11(15)7-12(16)17/h2-3,6H,4-5,7H2,1H3,(H,14,15)(H,16,17). The van der Waals surface area contributed by atoms with Crippen LogP contribution < -0.4 is 5.32 Å². The van der Waals surface area contributed by atoms with Crippen molar-refractivity contribution in [1.82, 2.24) is 5.32 Å². The highest BCUT2D eigenvalue weighted by Gasteiger charge is 2.06. The summed E-state index contributed by atoms with van der Waals surface area (Å²) in [5.74, 6) is -1.56. The van der Waals surface area contributed by atoms with Gasteiger partial charge in [0, 0.05) is 11.0 Å². The predicted octanol–water partition coefficient (Wildman–Crippen LogP) is 1.89. The van der Waals surface area contributed by atoms with Crippen molar-refractivity contribution >= 4 is 27.8 Å². The van der Waals surface area contributed by atoms with Crippen LogP contribution in [0.1, 0.15) is 17.5 Å². The van der Waals surface area contributed by atoms with Crippen LogP contribution in [0.3, 0.4) is 0 Å². The summed E-state index contributed by atoms with van der Waals surface area (Å²) in [6, 6.07) is 5.96. The third-order valence-electron chi connectivity index (χ3n) is 2.34. The van der Waals surface area contributed by atoms with Gasteiger partial charge >= 0.3 is 5.97 Å². The number of carboxylic acids is 1. The number of nitrogens with one attached hydrogen (secondary N) is 1. The second kappa shape index (κ2) is 6.39. The van der Waals surface area contributed by atoms with Gasteiger partial charge in [-0.3, -0.25) is 9.59 Å². The van der Waals surface area contributed by atoms with Gasteiger partial charge in [-0.2, -0.15) is 0 Å². The first-order valence-corrected chi connectivity index (χ1v) is 6.02. The fourth-order valence-corrected chi connectivity index (χ4v) is 1.85. The van der Waals surface area contributed by atoms with Crippen molar-refractivity contribution in [3.8, 4) is 0 Å². The van der Waals surface area contributed by atoms with E-state index in [4.69, 9.17) is 5.11 Å². The zero-order valence-corrected chi connectivity index (χ0v) is 11.1. The lowest BCUT2D eigenvalue weighted by Crippen LogP contribution is -2.27. The van der Waals surface area contributed by atoms with Gasteiger partial charge in [-0.1, -0.05) is 22.0 Å². The van der Waals surface area contributed by atoms with Crippen LogP contribution in [0.5, 0.6) is 0 Å². The second-order valence-electron chi connectivity index (χ2n) is 3.74. The van der Waals surface area contributed by atoms with Crippen LogP contribution in [0, 0.1) is 6.92 Å². The first-order valence-electron chi connectivity index (χ1n) is 5.22. The zero-order chi connectivity index (χ0) is 12.8. The van der Waals surface area contributed by atoms with Crippen LogP contribution in [0.25, 0.3) is 0 Å². The minimum Gasteiger partial charge on any atom is -0.481 e. The summed E-state index contributed by atoms with van der Waals surface area (Å²) in [6.45, 7) is 2.45. The lowest BCUT2D eigenvalue weighted by atomic mass is 10.1. The Bertz CT molecular complexity index is 432. The molecule has 0 atom stereocenters. The number of aryl methyl sites for hydroxylation is 1. The third-order valence-corrected chi connectivity index (χ3v) is 2.83. The van der Waals surface area contributed by atoms with Crippen LogP contribution in [0.2, 0.25) is 0 Å². The Hall–Kier alpha value is -1.36. The quantitative estimate of drug-likeness (QED) is 0.816. The van der Waals surface area contributed by atoms with Gasteiger partial charge in [-0.05, 0) is 36.6 Å². The van der Waals surface area contributed by atoms with Crippen LogP contribution in [-0.4, -0.2) is 23.5 Å². The van der Waals surface area contributed by atoms with Crippen LogP contribution in [0.15, 0.2) is 22.7 Å². The number of rotatable bonds is 5. The topological polar surface area (TPSA) is 66.4 Å². The fourth-order valence-electron chi connectivity index (χ4n) is 1.45. The molecule has 2 N–H and O–H groups in total. The summed E-state index contributed by atoms with van der Waals surface area (Å²) in [5.41, 5.74) is 2.29. The first kappa shape index (κ1) is 13.7. The van der Waals surface area contributed by atoms with E-state index in [9.17, 15) is 9.59 Å². The summed E-state index contributed by atoms with van der Waals surface area (Å²) >= 11 is 3.38. The maximum Gasteiger partial charge on any atom is 0.312 e. The van der Waals surface area contributed by atoms with Crippen molar-refractivity contribution in [1.29, 1.82) is 0 Å². The molecule has 0 fully saturated rings. The molecule has 17 heavy (non-hydrogen) atoms. The molecular formula is C12H14BrNO3. The highest BCUT2D eigenvalue weighted by molar-refractivity contribution is 9.10. The highest BCUT2D eigenvalue weighted by atomic mass is 79.9. The monoisotopic (exact) mass is 299 g/mol. The highest BCUT2D eigenvalue weighted by Crippen LogP contribution is 2.16. The van der Waals surface area contributed by atoms with Crippen LogP contribution in [0.4, 0.5) is 0 Å². The maximum absolute atomic E-state index is 11.1. The van der Waals surface area contributed by atoms with E-state index in [2.05, 4.69) is 21.2 Å². The summed E-state index contributed by atoms with van der Waals surface area (Å²) in [4.78, 5) is 21.4. The molecule has 0 aliphatic heterocycles. The molecule has 0 heterocycles. The Morgan fingerprint density at radius 1 is 1.41 bits per heavy atom. The van der Waals surface area contributed by atoms with E-state index < -0.39 is 18.3 Å². The predicted molar refractivity (Wildman–Crippen MR) is 67.8 cm³/mol. The number of hydrogen-bond donors (Lipinski definition) is 2. The zero-order valence-electron chi connectivity index (χ0n) is 9.50. The Kier molecular flexibility index (Phi) is 5.15. The molecular weight excluding hydrogens is 286 g/mol. The summed E-state index contributed by atoms with van der Waals surface area (Å²) in [5, 5.41) is 11.0. The van der Waals surface area contributed by atoms with E-state index in [0.29, 0.717) is 13.0 Å². The number of hydrogen-bond acceptors (Lipinski definition) is 2. The third kappa shape index (κ3) is 4.99. The number of halogens is 1. The Labute approximate surface area is 108 Å². The number of aliphatic carboxylic acids is 1. The summed E-state index contributed by atoms with van der Waals surface area (Å²) < 4.78 is 0.995.